The number of piperazine rings is 1. The first-order chi connectivity index (χ1) is 12.2. The van der Waals surface area contributed by atoms with Gasteiger partial charge < -0.3 is 24.3 Å². The van der Waals surface area contributed by atoms with Crippen LogP contribution in [-0.2, 0) is 6.61 Å². The largest absolute Gasteiger partial charge is 0.486 e. The van der Waals surface area contributed by atoms with Gasteiger partial charge in [-0.3, -0.25) is 4.79 Å². The zero-order chi connectivity index (χ0) is 17.6. The lowest BCUT2D eigenvalue weighted by Crippen LogP contribution is -2.52. The Bertz CT molecular complexity index is 721. The number of hydrogen-bond donors (Lipinski definition) is 1. The number of furan rings is 1. The second-order valence-corrected chi connectivity index (χ2v) is 5.70. The molecule has 132 valence electrons. The molecule has 3 amide bonds. The number of carbonyl (C=O) groups excluding carboxylic acids is 2. The minimum atomic E-state index is -0.164. The van der Waals surface area contributed by atoms with E-state index in [2.05, 4.69) is 5.32 Å². The molecule has 1 N–H and O–H groups in total. The smallest absolute Gasteiger partial charge is 0.317 e. The quantitative estimate of drug-likeness (QED) is 0.921. The third-order valence-electron chi connectivity index (χ3n) is 4.06. The van der Waals surface area contributed by atoms with Crippen LogP contribution in [0, 0.1) is 0 Å². The number of carbonyl (C=O) groups is 2. The normalized spacial score (nSPS) is 14.3. The standard InChI is InChI=1S/C18H21N3O4/c1-19-18(23)21-11-9-20(10-12-21)17(22)16-8-7-15(25-16)13-24-14-5-3-2-4-6-14/h2-8H,9-13H2,1H3,(H,19,23). The molecule has 1 saturated heterocycles. The van der Waals surface area contributed by atoms with Gasteiger partial charge in [0.15, 0.2) is 5.76 Å². The molecule has 25 heavy (non-hydrogen) atoms. The number of benzene rings is 1. The van der Waals surface area contributed by atoms with E-state index in [-0.39, 0.29) is 18.5 Å². The van der Waals surface area contributed by atoms with E-state index < -0.39 is 0 Å². The fourth-order valence-corrected chi connectivity index (χ4v) is 2.67. The minimum absolute atomic E-state index is 0.120. The maximum atomic E-state index is 12.5. The van der Waals surface area contributed by atoms with Crippen LogP contribution >= 0.6 is 0 Å². The Morgan fingerprint density at radius 3 is 2.40 bits per heavy atom. The monoisotopic (exact) mass is 343 g/mol. The van der Waals surface area contributed by atoms with Crippen molar-refractivity contribution in [1.82, 2.24) is 15.1 Å². The van der Waals surface area contributed by atoms with E-state index in [1.54, 1.807) is 29.0 Å². The summed E-state index contributed by atoms with van der Waals surface area (Å²) in [6, 6.07) is 12.7. The van der Waals surface area contributed by atoms with Crippen LogP contribution in [0.1, 0.15) is 16.3 Å². The van der Waals surface area contributed by atoms with Crippen LogP contribution in [0.4, 0.5) is 4.79 Å². The number of nitrogens with zero attached hydrogens (tertiary/aromatic N) is 2. The Morgan fingerprint density at radius 2 is 1.72 bits per heavy atom. The third kappa shape index (κ3) is 4.12. The molecule has 0 atom stereocenters. The summed E-state index contributed by atoms with van der Waals surface area (Å²) in [7, 11) is 1.60. The van der Waals surface area contributed by atoms with Crippen molar-refractivity contribution in [2.45, 2.75) is 6.61 Å². The van der Waals surface area contributed by atoms with Crippen molar-refractivity contribution < 1.29 is 18.7 Å². The second-order valence-electron chi connectivity index (χ2n) is 5.70. The Hall–Kier alpha value is -2.96. The highest BCUT2D eigenvalue weighted by Crippen LogP contribution is 2.16. The fraction of sp³-hybridized carbons (Fsp3) is 0.333. The Labute approximate surface area is 146 Å². The summed E-state index contributed by atoms with van der Waals surface area (Å²) >= 11 is 0. The van der Waals surface area contributed by atoms with Crippen LogP contribution in [0.25, 0.3) is 0 Å². The Balaban J connectivity index is 1.53. The van der Waals surface area contributed by atoms with E-state index >= 15 is 0 Å². The summed E-state index contributed by atoms with van der Waals surface area (Å²) in [5, 5.41) is 2.59. The molecule has 1 fully saturated rings. The summed E-state index contributed by atoms with van der Waals surface area (Å²) in [5.74, 6) is 1.47. The highest BCUT2D eigenvalue weighted by molar-refractivity contribution is 5.91. The molecule has 7 nitrogen and oxygen atoms in total. The zero-order valence-corrected chi connectivity index (χ0v) is 14.1. The van der Waals surface area contributed by atoms with Gasteiger partial charge in [0, 0.05) is 33.2 Å². The number of hydrogen-bond acceptors (Lipinski definition) is 4. The first kappa shape index (κ1) is 16.9. The van der Waals surface area contributed by atoms with Crippen molar-refractivity contribution >= 4 is 11.9 Å². The summed E-state index contributed by atoms with van der Waals surface area (Å²) in [4.78, 5) is 27.5. The summed E-state index contributed by atoms with van der Waals surface area (Å²) < 4.78 is 11.2. The van der Waals surface area contributed by atoms with Crippen molar-refractivity contribution in [3.05, 3.63) is 54.0 Å². The first-order valence-electron chi connectivity index (χ1n) is 8.20. The summed E-state index contributed by atoms with van der Waals surface area (Å²) in [6.07, 6.45) is 0. The molecular formula is C18H21N3O4. The summed E-state index contributed by atoms with van der Waals surface area (Å²) in [6.45, 7) is 2.26. The van der Waals surface area contributed by atoms with Gasteiger partial charge in [0.1, 0.15) is 18.1 Å². The molecule has 0 saturated carbocycles. The van der Waals surface area contributed by atoms with Gasteiger partial charge in [0.2, 0.25) is 0 Å². The zero-order valence-electron chi connectivity index (χ0n) is 14.1. The predicted molar refractivity (Wildman–Crippen MR) is 91.4 cm³/mol. The molecular weight excluding hydrogens is 322 g/mol. The van der Waals surface area contributed by atoms with Crippen molar-refractivity contribution in [3.8, 4) is 5.75 Å². The molecule has 0 radical (unpaired) electrons. The molecule has 7 heteroatoms. The van der Waals surface area contributed by atoms with Gasteiger partial charge in [0.05, 0.1) is 0 Å². The molecule has 3 rings (SSSR count). The molecule has 1 aliphatic rings. The maximum Gasteiger partial charge on any atom is 0.317 e. The van der Waals surface area contributed by atoms with Crippen LogP contribution in [0.5, 0.6) is 5.75 Å². The van der Waals surface area contributed by atoms with Crippen LogP contribution in [0.2, 0.25) is 0 Å². The van der Waals surface area contributed by atoms with Crippen molar-refractivity contribution in [1.29, 1.82) is 0 Å². The third-order valence-corrected chi connectivity index (χ3v) is 4.06. The number of nitrogens with one attached hydrogen (secondary N) is 1. The Morgan fingerprint density at radius 1 is 1.04 bits per heavy atom. The van der Waals surface area contributed by atoms with E-state index in [1.165, 1.54) is 0 Å². The van der Waals surface area contributed by atoms with Gasteiger partial charge in [-0.25, -0.2) is 4.79 Å². The SMILES string of the molecule is CNC(=O)N1CCN(C(=O)c2ccc(COc3ccccc3)o2)CC1. The van der Waals surface area contributed by atoms with Crippen LogP contribution < -0.4 is 10.1 Å². The maximum absolute atomic E-state index is 12.5. The van der Waals surface area contributed by atoms with Gasteiger partial charge in [-0.1, -0.05) is 18.2 Å². The lowest BCUT2D eigenvalue weighted by molar-refractivity contribution is 0.0631. The van der Waals surface area contributed by atoms with Crippen molar-refractivity contribution in [2.75, 3.05) is 33.2 Å². The first-order valence-corrected chi connectivity index (χ1v) is 8.20. The molecule has 0 aliphatic carbocycles. The number of para-hydroxylation sites is 1. The van der Waals surface area contributed by atoms with E-state index in [9.17, 15) is 9.59 Å². The molecule has 2 aromatic rings. The Kier molecular flexibility index (Phi) is 5.23. The second kappa shape index (κ2) is 7.74. The number of urea groups is 1. The van der Waals surface area contributed by atoms with Gasteiger partial charge >= 0.3 is 6.03 Å². The van der Waals surface area contributed by atoms with Gasteiger partial charge in [-0.15, -0.1) is 0 Å². The number of amides is 3. The highest BCUT2D eigenvalue weighted by Gasteiger charge is 2.26. The number of ether oxygens (including phenoxy) is 1. The fourth-order valence-electron chi connectivity index (χ4n) is 2.67. The molecule has 1 aromatic heterocycles. The highest BCUT2D eigenvalue weighted by atomic mass is 16.5. The lowest BCUT2D eigenvalue weighted by atomic mass is 10.3. The van der Waals surface area contributed by atoms with Crippen molar-refractivity contribution in [2.24, 2.45) is 0 Å². The van der Waals surface area contributed by atoms with Gasteiger partial charge in [-0.05, 0) is 24.3 Å². The topological polar surface area (TPSA) is 75.0 Å². The average molecular weight is 343 g/mol. The molecule has 0 unspecified atom stereocenters. The van der Waals surface area contributed by atoms with Crippen molar-refractivity contribution in [3.63, 3.8) is 0 Å². The predicted octanol–water partition coefficient (Wildman–Crippen LogP) is 1.96. The number of rotatable bonds is 4. The molecule has 1 aliphatic heterocycles. The lowest BCUT2D eigenvalue weighted by Gasteiger charge is -2.33. The average Bonchev–Trinajstić information content (AvgIpc) is 3.15. The van der Waals surface area contributed by atoms with Crippen LogP contribution in [-0.4, -0.2) is 55.0 Å². The van der Waals surface area contributed by atoms with Gasteiger partial charge in [-0.2, -0.15) is 0 Å². The van der Waals surface area contributed by atoms with Crippen LogP contribution in [0.3, 0.4) is 0 Å². The van der Waals surface area contributed by atoms with E-state index in [1.807, 2.05) is 30.3 Å². The molecule has 2 heterocycles. The van der Waals surface area contributed by atoms with E-state index in [4.69, 9.17) is 9.15 Å². The molecule has 0 bridgehead atoms. The van der Waals surface area contributed by atoms with Crippen LogP contribution in [0.15, 0.2) is 46.9 Å². The molecule has 0 spiro atoms. The molecule has 1 aromatic carbocycles. The van der Waals surface area contributed by atoms with E-state index in [0.717, 1.165) is 5.75 Å². The minimum Gasteiger partial charge on any atom is -0.486 e. The summed E-state index contributed by atoms with van der Waals surface area (Å²) in [5.41, 5.74) is 0. The van der Waals surface area contributed by atoms with Gasteiger partial charge in [0.25, 0.3) is 5.91 Å². The van der Waals surface area contributed by atoms with E-state index in [0.29, 0.717) is 37.7 Å².